The Morgan fingerprint density at radius 1 is 0.900 bits per heavy atom. The SMILES string of the molecule is O=C1C(=O)N(c2ccc(F)c(F)c2)C(c2ccccc2)/C1=C(\O)c1cccc(Cl)c1. The summed E-state index contributed by atoms with van der Waals surface area (Å²) in [4.78, 5) is 26.9. The average molecular weight is 426 g/mol. The van der Waals surface area contributed by atoms with Crippen LogP contribution in [0.2, 0.25) is 5.02 Å². The van der Waals surface area contributed by atoms with Crippen LogP contribution in [0.1, 0.15) is 17.2 Å². The Balaban J connectivity index is 1.96. The molecule has 4 rings (SSSR count). The monoisotopic (exact) mass is 425 g/mol. The van der Waals surface area contributed by atoms with Crippen molar-refractivity contribution < 1.29 is 23.5 Å². The fourth-order valence-corrected chi connectivity index (χ4v) is 3.67. The van der Waals surface area contributed by atoms with Gasteiger partial charge in [-0.2, -0.15) is 0 Å². The summed E-state index contributed by atoms with van der Waals surface area (Å²) in [7, 11) is 0. The summed E-state index contributed by atoms with van der Waals surface area (Å²) in [6, 6.07) is 16.6. The first-order valence-electron chi connectivity index (χ1n) is 8.95. The summed E-state index contributed by atoms with van der Waals surface area (Å²) < 4.78 is 27.3. The summed E-state index contributed by atoms with van der Waals surface area (Å²) in [6.45, 7) is 0. The zero-order chi connectivity index (χ0) is 21.4. The molecule has 0 saturated carbocycles. The number of halogens is 3. The third-order valence-electron chi connectivity index (χ3n) is 4.84. The lowest BCUT2D eigenvalue weighted by Crippen LogP contribution is -2.29. The Morgan fingerprint density at radius 3 is 2.30 bits per heavy atom. The predicted molar refractivity (Wildman–Crippen MR) is 109 cm³/mol. The molecule has 1 aliphatic heterocycles. The van der Waals surface area contributed by atoms with E-state index in [-0.39, 0.29) is 16.8 Å². The van der Waals surface area contributed by atoms with Crippen molar-refractivity contribution in [3.05, 3.63) is 106 Å². The van der Waals surface area contributed by atoms with Crippen LogP contribution in [0.15, 0.2) is 78.4 Å². The molecule has 3 aromatic rings. The lowest BCUT2D eigenvalue weighted by Gasteiger charge is -2.25. The number of rotatable bonds is 3. The Kier molecular flexibility index (Phi) is 5.10. The molecule has 1 amide bonds. The maximum Gasteiger partial charge on any atom is 0.300 e. The summed E-state index contributed by atoms with van der Waals surface area (Å²) in [5.74, 6) is -4.54. The Bertz CT molecular complexity index is 1190. The van der Waals surface area contributed by atoms with Crippen molar-refractivity contribution in [2.75, 3.05) is 4.90 Å². The molecule has 0 radical (unpaired) electrons. The first-order valence-corrected chi connectivity index (χ1v) is 9.33. The van der Waals surface area contributed by atoms with E-state index in [0.29, 0.717) is 10.6 Å². The lowest BCUT2D eigenvalue weighted by molar-refractivity contribution is -0.132. The van der Waals surface area contributed by atoms with E-state index in [1.807, 2.05) is 0 Å². The van der Waals surface area contributed by atoms with Crippen molar-refractivity contribution in [1.29, 1.82) is 0 Å². The molecular formula is C23H14ClF2NO3. The highest BCUT2D eigenvalue weighted by Gasteiger charge is 2.47. The number of hydrogen-bond donors (Lipinski definition) is 1. The zero-order valence-electron chi connectivity index (χ0n) is 15.4. The van der Waals surface area contributed by atoms with Gasteiger partial charge in [0.05, 0.1) is 11.6 Å². The number of aliphatic hydroxyl groups excluding tert-OH is 1. The number of ketones is 1. The van der Waals surface area contributed by atoms with Gasteiger partial charge in [-0.25, -0.2) is 8.78 Å². The highest BCUT2D eigenvalue weighted by Crippen LogP contribution is 2.42. The maximum atomic E-state index is 13.9. The van der Waals surface area contributed by atoms with E-state index in [4.69, 9.17) is 11.6 Å². The average Bonchev–Trinajstić information content (AvgIpc) is 3.01. The zero-order valence-corrected chi connectivity index (χ0v) is 16.1. The summed E-state index contributed by atoms with van der Waals surface area (Å²) >= 11 is 6.00. The quantitative estimate of drug-likeness (QED) is 0.354. The Morgan fingerprint density at radius 2 is 1.63 bits per heavy atom. The second-order valence-electron chi connectivity index (χ2n) is 6.69. The van der Waals surface area contributed by atoms with Gasteiger partial charge in [0.15, 0.2) is 11.6 Å². The van der Waals surface area contributed by atoms with Crippen LogP contribution >= 0.6 is 11.6 Å². The number of amides is 1. The molecule has 1 unspecified atom stereocenters. The van der Waals surface area contributed by atoms with Gasteiger partial charge in [-0.15, -0.1) is 0 Å². The van der Waals surface area contributed by atoms with Crippen LogP contribution in [0.4, 0.5) is 14.5 Å². The standard InChI is InChI=1S/C23H14ClF2NO3/c24-15-8-4-7-14(11-15)21(28)19-20(13-5-2-1-3-6-13)27(23(30)22(19)29)16-9-10-17(25)18(26)12-16/h1-12,20,28H/b21-19+. The number of carbonyl (C=O) groups is 2. The van der Waals surface area contributed by atoms with Crippen molar-refractivity contribution in [2.24, 2.45) is 0 Å². The molecule has 1 fully saturated rings. The van der Waals surface area contributed by atoms with E-state index in [1.54, 1.807) is 48.5 Å². The van der Waals surface area contributed by atoms with Crippen LogP contribution in [0, 0.1) is 11.6 Å². The molecule has 30 heavy (non-hydrogen) atoms. The minimum Gasteiger partial charge on any atom is -0.507 e. The van der Waals surface area contributed by atoms with Crippen LogP contribution in [-0.2, 0) is 9.59 Å². The van der Waals surface area contributed by atoms with Gasteiger partial charge >= 0.3 is 0 Å². The molecule has 7 heteroatoms. The van der Waals surface area contributed by atoms with Gasteiger partial charge in [-0.3, -0.25) is 14.5 Å². The van der Waals surface area contributed by atoms with Crippen molar-refractivity contribution in [3.8, 4) is 0 Å². The van der Waals surface area contributed by atoms with Gasteiger partial charge in [0, 0.05) is 22.3 Å². The predicted octanol–water partition coefficient (Wildman–Crippen LogP) is 5.24. The number of aliphatic hydroxyl groups is 1. The number of benzene rings is 3. The van der Waals surface area contributed by atoms with Gasteiger partial charge in [0.1, 0.15) is 5.76 Å². The van der Waals surface area contributed by atoms with Gasteiger partial charge in [-0.1, -0.05) is 54.1 Å². The minimum absolute atomic E-state index is 0.00463. The van der Waals surface area contributed by atoms with E-state index in [2.05, 4.69) is 0 Å². The smallest absolute Gasteiger partial charge is 0.300 e. The number of anilines is 1. The topological polar surface area (TPSA) is 57.6 Å². The number of Topliss-reactive ketones (excluding diaryl/α,β-unsaturated/α-hetero) is 1. The molecule has 1 aliphatic rings. The van der Waals surface area contributed by atoms with Crippen LogP contribution in [0.25, 0.3) is 5.76 Å². The van der Waals surface area contributed by atoms with Crippen molar-refractivity contribution in [3.63, 3.8) is 0 Å². The molecule has 150 valence electrons. The Hall–Kier alpha value is -3.51. The maximum absolute atomic E-state index is 13.9. The summed E-state index contributed by atoms with van der Waals surface area (Å²) in [5.41, 5.74) is 0.602. The fraction of sp³-hybridized carbons (Fsp3) is 0.0435. The Labute approximate surface area is 175 Å². The van der Waals surface area contributed by atoms with Crippen molar-refractivity contribution in [2.45, 2.75) is 6.04 Å². The van der Waals surface area contributed by atoms with Crippen molar-refractivity contribution in [1.82, 2.24) is 0 Å². The number of carbonyl (C=O) groups excluding carboxylic acids is 2. The van der Waals surface area contributed by atoms with Crippen LogP contribution < -0.4 is 4.90 Å². The van der Waals surface area contributed by atoms with Gasteiger partial charge in [0.25, 0.3) is 11.7 Å². The lowest BCUT2D eigenvalue weighted by atomic mass is 9.95. The molecule has 0 aromatic heterocycles. The first kappa shape index (κ1) is 19.8. The molecule has 0 bridgehead atoms. The second kappa shape index (κ2) is 7.72. The minimum atomic E-state index is -1.16. The second-order valence-corrected chi connectivity index (χ2v) is 7.12. The molecular weight excluding hydrogens is 412 g/mol. The molecule has 1 N–H and O–H groups in total. The summed E-state index contributed by atoms with van der Waals surface area (Å²) in [6.07, 6.45) is 0. The third kappa shape index (κ3) is 3.35. The van der Waals surface area contributed by atoms with Gasteiger partial charge in [-0.05, 0) is 29.8 Å². The van der Waals surface area contributed by atoms with Gasteiger partial charge < -0.3 is 5.11 Å². The van der Waals surface area contributed by atoms with Crippen LogP contribution in [0.3, 0.4) is 0 Å². The molecule has 0 spiro atoms. The molecule has 1 atom stereocenters. The van der Waals surface area contributed by atoms with Crippen molar-refractivity contribution >= 4 is 34.7 Å². The fourth-order valence-electron chi connectivity index (χ4n) is 3.48. The van der Waals surface area contributed by atoms with Crippen LogP contribution in [-0.4, -0.2) is 16.8 Å². The van der Waals surface area contributed by atoms with E-state index < -0.39 is 35.1 Å². The molecule has 1 heterocycles. The molecule has 1 saturated heterocycles. The largest absolute Gasteiger partial charge is 0.507 e. The number of nitrogens with zero attached hydrogens (tertiary/aromatic N) is 1. The third-order valence-corrected chi connectivity index (χ3v) is 5.07. The normalized spacial score (nSPS) is 18.1. The highest BCUT2D eigenvalue weighted by atomic mass is 35.5. The molecule has 3 aromatic carbocycles. The van der Waals surface area contributed by atoms with E-state index >= 15 is 0 Å². The first-order chi connectivity index (χ1) is 14.4. The van der Waals surface area contributed by atoms with E-state index in [0.717, 1.165) is 17.0 Å². The summed E-state index contributed by atoms with van der Waals surface area (Å²) in [5, 5.41) is 11.3. The molecule has 0 aliphatic carbocycles. The highest BCUT2D eigenvalue weighted by molar-refractivity contribution is 6.51. The van der Waals surface area contributed by atoms with Gasteiger partial charge in [0.2, 0.25) is 0 Å². The van der Waals surface area contributed by atoms with E-state index in [1.165, 1.54) is 12.1 Å². The van der Waals surface area contributed by atoms with E-state index in [9.17, 15) is 23.5 Å². The number of hydrogen-bond acceptors (Lipinski definition) is 3. The van der Waals surface area contributed by atoms with Crippen LogP contribution in [0.5, 0.6) is 0 Å². The molecule has 4 nitrogen and oxygen atoms in total.